The molecule has 1 fully saturated rings. The number of aliphatic carboxylic acids is 1. The number of rotatable bonds is 3. The topological polar surface area (TPSA) is 69.6 Å². The zero-order valence-corrected chi connectivity index (χ0v) is 10.3. The molecule has 1 aliphatic rings. The number of nitrogens with one attached hydrogen (secondary N) is 1. The second-order valence-electron chi connectivity index (χ2n) is 5.01. The fourth-order valence-corrected chi connectivity index (χ4v) is 1.96. The molecule has 0 aromatic heterocycles. The van der Waals surface area contributed by atoms with Crippen molar-refractivity contribution in [2.45, 2.75) is 26.3 Å². The van der Waals surface area contributed by atoms with E-state index in [4.69, 9.17) is 5.11 Å². The van der Waals surface area contributed by atoms with Crippen molar-refractivity contribution in [2.24, 2.45) is 11.8 Å². The number of carboxylic acids is 1. The summed E-state index contributed by atoms with van der Waals surface area (Å²) in [5, 5.41) is 11.9. The standard InChI is InChI=1S/C11H20N2O3/c1-7-5-13(6-8(7)9(14)15)10(16)11(2,3)12-4/h7-8,12H,5-6H2,1-4H3,(H,14,15). The van der Waals surface area contributed by atoms with Crippen LogP contribution in [0.4, 0.5) is 0 Å². The van der Waals surface area contributed by atoms with Crippen LogP contribution in [0.5, 0.6) is 0 Å². The van der Waals surface area contributed by atoms with Crippen LogP contribution in [0.25, 0.3) is 0 Å². The number of carbonyl (C=O) groups is 2. The minimum Gasteiger partial charge on any atom is -0.481 e. The molecule has 0 bridgehead atoms. The summed E-state index contributed by atoms with van der Waals surface area (Å²) in [4.78, 5) is 24.7. The molecule has 1 amide bonds. The molecule has 16 heavy (non-hydrogen) atoms. The Balaban J connectivity index is 2.72. The average molecular weight is 228 g/mol. The maximum Gasteiger partial charge on any atom is 0.308 e. The predicted octanol–water partition coefficient (Wildman–Crippen LogP) is 0.164. The number of likely N-dealkylation sites (tertiary alicyclic amines) is 1. The van der Waals surface area contributed by atoms with Crippen molar-refractivity contribution in [3.63, 3.8) is 0 Å². The van der Waals surface area contributed by atoms with E-state index in [-0.39, 0.29) is 11.8 Å². The van der Waals surface area contributed by atoms with Gasteiger partial charge in [0.05, 0.1) is 11.5 Å². The number of amides is 1. The number of hydrogen-bond donors (Lipinski definition) is 2. The Morgan fingerprint density at radius 3 is 2.31 bits per heavy atom. The van der Waals surface area contributed by atoms with Gasteiger partial charge in [-0.3, -0.25) is 9.59 Å². The van der Waals surface area contributed by atoms with Crippen molar-refractivity contribution in [1.29, 1.82) is 0 Å². The Morgan fingerprint density at radius 1 is 1.38 bits per heavy atom. The molecular formula is C11H20N2O3. The lowest BCUT2D eigenvalue weighted by Gasteiger charge is -2.28. The van der Waals surface area contributed by atoms with Crippen LogP contribution in [0.1, 0.15) is 20.8 Å². The van der Waals surface area contributed by atoms with Gasteiger partial charge in [0.1, 0.15) is 0 Å². The second kappa shape index (κ2) is 4.41. The lowest BCUT2D eigenvalue weighted by atomic mass is 9.99. The Hall–Kier alpha value is -1.10. The SMILES string of the molecule is CNC(C)(C)C(=O)N1CC(C)C(C(=O)O)C1. The van der Waals surface area contributed by atoms with E-state index >= 15 is 0 Å². The zero-order chi connectivity index (χ0) is 12.5. The molecule has 2 N–H and O–H groups in total. The molecular weight excluding hydrogens is 208 g/mol. The maximum absolute atomic E-state index is 12.1. The highest BCUT2D eigenvalue weighted by Crippen LogP contribution is 2.25. The van der Waals surface area contributed by atoms with Crippen LogP contribution >= 0.6 is 0 Å². The van der Waals surface area contributed by atoms with Gasteiger partial charge in [-0.25, -0.2) is 0 Å². The first-order valence-electron chi connectivity index (χ1n) is 5.50. The van der Waals surface area contributed by atoms with Crippen LogP contribution in [-0.4, -0.2) is 47.6 Å². The molecule has 2 atom stereocenters. The van der Waals surface area contributed by atoms with Gasteiger partial charge in [-0.15, -0.1) is 0 Å². The Kier molecular flexibility index (Phi) is 3.57. The summed E-state index contributed by atoms with van der Waals surface area (Å²) < 4.78 is 0. The predicted molar refractivity (Wildman–Crippen MR) is 60.0 cm³/mol. The van der Waals surface area contributed by atoms with Gasteiger partial charge in [-0.1, -0.05) is 6.92 Å². The quantitative estimate of drug-likeness (QED) is 0.722. The van der Waals surface area contributed by atoms with Gasteiger partial charge in [0.15, 0.2) is 0 Å². The fourth-order valence-electron chi connectivity index (χ4n) is 1.96. The number of hydrogen-bond acceptors (Lipinski definition) is 3. The highest BCUT2D eigenvalue weighted by Gasteiger charge is 2.40. The van der Waals surface area contributed by atoms with Crippen molar-refractivity contribution in [2.75, 3.05) is 20.1 Å². The third-order valence-electron chi connectivity index (χ3n) is 3.38. The van der Waals surface area contributed by atoms with Gasteiger partial charge < -0.3 is 15.3 Å². The summed E-state index contributed by atoms with van der Waals surface area (Å²) >= 11 is 0. The minimum atomic E-state index is -0.815. The summed E-state index contributed by atoms with van der Waals surface area (Å²) in [6.07, 6.45) is 0. The van der Waals surface area contributed by atoms with E-state index in [1.807, 2.05) is 6.92 Å². The molecule has 2 unspecified atom stereocenters. The molecule has 1 rings (SSSR count). The molecule has 5 heteroatoms. The summed E-state index contributed by atoms with van der Waals surface area (Å²) in [5.74, 6) is -1.26. The summed E-state index contributed by atoms with van der Waals surface area (Å²) in [5.41, 5.74) is -0.632. The molecule has 1 heterocycles. The molecule has 0 spiro atoms. The van der Waals surface area contributed by atoms with Crippen LogP contribution in [0.3, 0.4) is 0 Å². The lowest BCUT2D eigenvalue weighted by Crippen LogP contribution is -2.52. The van der Waals surface area contributed by atoms with Gasteiger partial charge >= 0.3 is 5.97 Å². The first-order chi connectivity index (χ1) is 7.29. The van der Waals surface area contributed by atoms with E-state index < -0.39 is 17.4 Å². The maximum atomic E-state index is 12.1. The van der Waals surface area contributed by atoms with E-state index in [0.29, 0.717) is 13.1 Å². The zero-order valence-electron chi connectivity index (χ0n) is 10.3. The van der Waals surface area contributed by atoms with E-state index in [2.05, 4.69) is 5.32 Å². The molecule has 1 saturated heterocycles. The number of likely N-dealkylation sites (N-methyl/N-ethyl adjacent to an activating group) is 1. The number of carbonyl (C=O) groups excluding carboxylic acids is 1. The third-order valence-corrected chi connectivity index (χ3v) is 3.38. The van der Waals surface area contributed by atoms with Crippen molar-refractivity contribution in [3.05, 3.63) is 0 Å². The summed E-state index contributed by atoms with van der Waals surface area (Å²) in [6, 6.07) is 0. The van der Waals surface area contributed by atoms with E-state index in [1.165, 1.54) is 0 Å². The molecule has 0 aromatic rings. The van der Waals surface area contributed by atoms with Crippen LogP contribution in [0, 0.1) is 11.8 Å². The van der Waals surface area contributed by atoms with Gasteiger partial charge in [-0.2, -0.15) is 0 Å². The highest BCUT2D eigenvalue weighted by atomic mass is 16.4. The summed E-state index contributed by atoms with van der Waals surface area (Å²) in [6.45, 7) is 6.32. The van der Waals surface area contributed by atoms with Crippen molar-refractivity contribution >= 4 is 11.9 Å². The van der Waals surface area contributed by atoms with Crippen LogP contribution < -0.4 is 5.32 Å². The molecule has 0 aliphatic carbocycles. The second-order valence-corrected chi connectivity index (χ2v) is 5.01. The summed E-state index contributed by atoms with van der Waals surface area (Å²) in [7, 11) is 1.73. The van der Waals surface area contributed by atoms with Gasteiger partial charge in [-0.05, 0) is 26.8 Å². The molecule has 92 valence electrons. The Bertz CT molecular complexity index is 302. The Morgan fingerprint density at radius 2 is 1.94 bits per heavy atom. The first-order valence-corrected chi connectivity index (χ1v) is 5.50. The van der Waals surface area contributed by atoms with Gasteiger partial charge in [0.2, 0.25) is 5.91 Å². The highest BCUT2D eigenvalue weighted by molar-refractivity contribution is 5.86. The monoisotopic (exact) mass is 228 g/mol. The lowest BCUT2D eigenvalue weighted by molar-refractivity contribution is -0.142. The van der Waals surface area contributed by atoms with Gasteiger partial charge in [0.25, 0.3) is 0 Å². The molecule has 0 radical (unpaired) electrons. The average Bonchev–Trinajstić information content (AvgIpc) is 2.59. The number of carboxylic acid groups (broad SMARTS) is 1. The third kappa shape index (κ3) is 2.35. The van der Waals surface area contributed by atoms with E-state index in [9.17, 15) is 9.59 Å². The fraction of sp³-hybridized carbons (Fsp3) is 0.818. The Labute approximate surface area is 95.8 Å². The smallest absolute Gasteiger partial charge is 0.308 e. The van der Waals surface area contributed by atoms with Crippen LogP contribution in [0.15, 0.2) is 0 Å². The van der Waals surface area contributed by atoms with Crippen molar-refractivity contribution in [1.82, 2.24) is 10.2 Å². The van der Waals surface area contributed by atoms with Crippen LogP contribution in [0.2, 0.25) is 0 Å². The molecule has 0 saturated carbocycles. The molecule has 5 nitrogen and oxygen atoms in total. The van der Waals surface area contributed by atoms with Gasteiger partial charge in [0, 0.05) is 13.1 Å². The van der Waals surface area contributed by atoms with Crippen LogP contribution in [-0.2, 0) is 9.59 Å². The van der Waals surface area contributed by atoms with Crippen molar-refractivity contribution in [3.8, 4) is 0 Å². The largest absolute Gasteiger partial charge is 0.481 e. The van der Waals surface area contributed by atoms with Crippen molar-refractivity contribution < 1.29 is 14.7 Å². The molecule has 0 aromatic carbocycles. The van der Waals surface area contributed by atoms with E-state index in [0.717, 1.165) is 0 Å². The minimum absolute atomic E-state index is 0.0223. The normalized spacial score (nSPS) is 25.9. The number of nitrogens with zero attached hydrogens (tertiary/aromatic N) is 1. The van der Waals surface area contributed by atoms with E-state index in [1.54, 1.807) is 25.8 Å². The first kappa shape index (κ1) is 13.0. The molecule has 1 aliphatic heterocycles.